The Labute approximate surface area is 156 Å². The number of benzene rings is 1. The lowest BCUT2D eigenvalue weighted by Crippen LogP contribution is -2.20. The normalized spacial score (nSPS) is 11.2. The van der Waals surface area contributed by atoms with E-state index in [0.717, 1.165) is 5.56 Å². The molecule has 0 radical (unpaired) electrons. The van der Waals surface area contributed by atoms with Gasteiger partial charge in [-0.1, -0.05) is 0 Å². The molecule has 0 atom stereocenters. The first kappa shape index (κ1) is 17.2. The Morgan fingerprint density at radius 1 is 1.15 bits per heavy atom. The van der Waals surface area contributed by atoms with Crippen molar-refractivity contribution in [3.05, 3.63) is 44.7 Å². The van der Waals surface area contributed by atoms with Gasteiger partial charge in [-0.05, 0) is 32.0 Å². The van der Waals surface area contributed by atoms with E-state index in [1.165, 1.54) is 11.3 Å². The van der Waals surface area contributed by atoms with E-state index in [2.05, 4.69) is 19.9 Å². The molecule has 0 saturated heterocycles. The maximum Gasteiger partial charge on any atom is 0.326 e. The van der Waals surface area contributed by atoms with Crippen LogP contribution in [0, 0.1) is 6.92 Å². The molecule has 0 aliphatic heterocycles. The molecule has 138 valence electrons. The van der Waals surface area contributed by atoms with Crippen LogP contribution in [0.2, 0.25) is 0 Å². The van der Waals surface area contributed by atoms with Crippen LogP contribution in [-0.4, -0.2) is 33.7 Å². The van der Waals surface area contributed by atoms with Crippen LogP contribution in [0.25, 0.3) is 31.8 Å². The van der Waals surface area contributed by atoms with E-state index in [-0.39, 0.29) is 0 Å². The van der Waals surface area contributed by atoms with Gasteiger partial charge in [0.05, 0.1) is 30.3 Å². The van der Waals surface area contributed by atoms with Crippen LogP contribution in [0.5, 0.6) is 11.5 Å². The summed E-state index contributed by atoms with van der Waals surface area (Å²) < 4.78 is 11.4. The molecule has 0 saturated carbocycles. The predicted molar refractivity (Wildman–Crippen MR) is 104 cm³/mol. The monoisotopic (exact) mass is 384 g/mol. The van der Waals surface area contributed by atoms with Crippen molar-refractivity contribution >= 4 is 31.8 Å². The molecular weight excluding hydrogens is 368 g/mol. The van der Waals surface area contributed by atoms with Gasteiger partial charge in [-0.3, -0.25) is 9.78 Å². The van der Waals surface area contributed by atoms with Crippen molar-refractivity contribution in [2.45, 2.75) is 13.8 Å². The number of ether oxygens (including phenoxy) is 2. The first-order valence-corrected chi connectivity index (χ1v) is 9.08. The van der Waals surface area contributed by atoms with Gasteiger partial charge in [0.25, 0.3) is 5.56 Å². The fraction of sp³-hybridized carbons (Fsp3) is 0.222. The zero-order valence-electron chi connectivity index (χ0n) is 14.9. The Morgan fingerprint density at radius 2 is 1.96 bits per heavy atom. The smallest absolute Gasteiger partial charge is 0.326 e. The molecular formula is C18H16N4O4S. The number of H-pyrrole nitrogens is 2. The van der Waals surface area contributed by atoms with Gasteiger partial charge in [-0.2, -0.15) is 0 Å². The minimum atomic E-state index is -0.549. The van der Waals surface area contributed by atoms with Crippen molar-refractivity contribution in [3.63, 3.8) is 0 Å². The number of hydrogen-bond donors (Lipinski definition) is 2. The Kier molecular flexibility index (Phi) is 4.15. The van der Waals surface area contributed by atoms with Gasteiger partial charge in [0.15, 0.2) is 17.3 Å². The topological polar surface area (TPSA) is 110 Å². The molecule has 27 heavy (non-hydrogen) atoms. The summed E-state index contributed by atoms with van der Waals surface area (Å²) in [5.74, 6) is 1.74. The molecule has 0 spiro atoms. The molecule has 1 aromatic carbocycles. The van der Waals surface area contributed by atoms with Crippen LogP contribution in [0.15, 0.2) is 27.8 Å². The number of fused-ring (bicyclic) bond motifs is 3. The number of nitrogens with one attached hydrogen (secondary N) is 2. The standard InChI is InChI=1S/C18H16N4O4S/c1-4-26-10-6-5-9(7-11(10)25-3)15-19-8(2)12-13-14(27-17(12)21-15)16(23)22-18(24)20-13/h5-7H,4H2,1-3H3,(H2,20,22,23,24). The highest BCUT2D eigenvalue weighted by molar-refractivity contribution is 7.25. The lowest BCUT2D eigenvalue weighted by molar-refractivity contribution is 0.311. The second-order valence-corrected chi connectivity index (χ2v) is 6.82. The Morgan fingerprint density at radius 3 is 2.70 bits per heavy atom. The average Bonchev–Trinajstić information content (AvgIpc) is 3.01. The summed E-state index contributed by atoms with van der Waals surface area (Å²) >= 11 is 1.22. The Bertz CT molecular complexity index is 1290. The van der Waals surface area contributed by atoms with Crippen molar-refractivity contribution in [3.8, 4) is 22.9 Å². The minimum Gasteiger partial charge on any atom is -0.493 e. The van der Waals surface area contributed by atoms with Gasteiger partial charge in [-0.25, -0.2) is 14.8 Å². The molecule has 0 fully saturated rings. The zero-order chi connectivity index (χ0) is 19.1. The number of hydrogen-bond acceptors (Lipinski definition) is 7. The number of aromatic amines is 2. The average molecular weight is 384 g/mol. The molecule has 9 heteroatoms. The highest BCUT2D eigenvalue weighted by Gasteiger charge is 2.16. The summed E-state index contributed by atoms with van der Waals surface area (Å²) in [5.41, 5.74) is 0.931. The second-order valence-electron chi connectivity index (χ2n) is 5.83. The first-order chi connectivity index (χ1) is 13.0. The fourth-order valence-corrected chi connectivity index (χ4v) is 4.04. The van der Waals surface area contributed by atoms with Crippen LogP contribution in [0.3, 0.4) is 0 Å². The van der Waals surface area contributed by atoms with Crippen molar-refractivity contribution < 1.29 is 9.47 Å². The maximum absolute atomic E-state index is 12.1. The van der Waals surface area contributed by atoms with Crippen LogP contribution in [0.1, 0.15) is 12.6 Å². The largest absolute Gasteiger partial charge is 0.493 e. The van der Waals surface area contributed by atoms with Crippen molar-refractivity contribution in [1.82, 2.24) is 19.9 Å². The number of methoxy groups -OCH3 is 1. The summed E-state index contributed by atoms with van der Waals surface area (Å²) in [4.78, 5) is 38.4. The number of rotatable bonds is 4. The number of aromatic nitrogens is 4. The lowest BCUT2D eigenvalue weighted by Gasteiger charge is -2.11. The van der Waals surface area contributed by atoms with E-state index < -0.39 is 11.2 Å². The van der Waals surface area contributed by atoms with Gasteiger partial charge >= 0.3 is 5.69 Å². The third-order valence-electron chi connectivity index (χ3n) is 4.13. The molecule has 3 aromatic heterocycles. The fourth-order valence-electron chi connectivity index (χ4n) is 2.96. The summed E-state index contributed by atoms with van der Waals surface area (Å²) in [5, 5.41) is 0.680. The van der Waals surface area contributed by atoms with E-state index in [9.17, 15) is 9.59 Å². The summed E-state index contributed by atoms with van der Waals surface area (Å²) in [6, 6.07) is 5.48. The number of aryl methyl sites for hydroxylation is 1. The second kappa shape index (κ2) is 6.51. The van der Waals surface area contributed by atoms with E-state index >= 15 is 0 Å². The van der Waals surface area contributed by atoms with E-state index in [1.807, 2.05) is 32.0 Å². The van der Waals surface area contributed by atoms with E-state index in [4.69, 9.17) is 9.47 Å². The van der Waals surface area contributed by atoms with Crippen molar-refractivity contribution in [2.75, 3.05) is 13.7 Å². The lowest BCUT2D eigenvalue weighted by atomic mass is 10.1. The first-order valence-electron chi connectivity index (χ1n) is 8.26. The zero-order valence-corrected chi connectivity index (χ0v) is 15.7. The van der Waals surface area contributed by atoms with Crippen LogP contribution in [-0.2, 0) is 0 Å². The predicted octanol–water partition coefficient (Wildman–Crippen LogP) is 2.60. The SMILES string of the molecule is CCOc1ccc(-c2nc(C)c3c(n2)sc2c(=O)[nH]c(=O)[nH]c23)cc1OC. The highest BCUT2D eigenvalue weighted by atomic mass is 32.1. The van der Waals surface area contributed by atoms with Gasteiger partial charge in [0, 0.05) is 5.56 Å². The van der Waals surface area contributed by atoms with Crippen molar-refractivity contribution in [2.24, 2.45) is 0 Å². The van der Waals surface area contributed by atoms with Gasteiger partial charge < -0.3 is 14.5 Å². The quantitative estimate of drug-likeness (QED) is 0.560. The summed E-state index contributed by atoms with van der Waals surface area (Å²) in [6.07, 6.45) is 0. The van der Waals surface area contributed by atoms with Gasteiger partial charge in [-0.15, -0.1) is 11.3 Å². The molecule has 8 nitrogen and oxygen atoms in total. The van der Waals surface area contributed by atoms with E-state index in [0.29, 0.717) is 50.1 Å². The molecule has 4 aromatic rings. The Hall–Kier alpha value is -3.20. The summed E-state index contributed by atoms with van der Waals surface area (Å²) in [7, 11) is 1.57. The number of nitrogens with zero attached hydrogens (tertiary/aromatic N) is 2. The summed E-state index contributed by atoms with van der Waals surface area (Å²) in [6.45, 7) is 4.26. The van der Waals surface area contributed by atoms with Crippen molar-refractivity contribution in [1.29, 1.82) is 0 Å². The third kappa shape index (κ3) is 2.85. The molecule has 2 N–H and O–H groups in total. The van der Waals surface area contributed by atoms with Crippen LogP contribution >= 0.6 is 11.3 Å². The van der Waals surface area contributed by atoms with Crippen LogP contribution < -0.4 is 20.7 Å². The maximum atomic E-state index is 12.1. The molecule has 0 amide bonds. The molecule has 0 aliphatic carbocycles. The molecule has 4 rings (SSSR count). The van der Waals surface area contributed by atoms with Gasteiger partial charge in [0.1, 0.15) is 9.53 Å². The molecule has 0 aliphatic rings. The molecule has 3 heterocycles. The molecule has 0 bridgehead atoms. The van der Waals surface area contributed by atoms with Crippen LogP contribution in [0.4, 0.5) is 0 Å². The minimum absolute atomic E-state index is 0.420. The number of thiophene rings is 1. The van der Waals surface area contributed by atoms with E-state index in [1.54, 1.807) is 7.11 Å². The molecule has 0 unspecified atom stereocenters. The highest BCUT2D eigenvalue weighted by Crippen LogP contribution is 2.34. The van der Waals surface area contributed by atoms with Gasteiger partial charge in [0.2, 0.25) is 0 Å². The Balaban J connectivity index is 1.94. The third-order valence-corrected chi connectivity index (χ3v) is 5.21.